The van der Waals surface area contributed by atoms with Gasteiger partial charge in [0, 0.05) is 36.1 Å². The van der Waals surface area contributed by atoms with Gasteiger partial charge in [-0.3, -0.25) is 9.97 Å². The van der Waals surface area contributed by atoms with Gasteiger partial charge in [0.1, 0.15) is 5.52 Å². The summed E-state index contributed by atoms with van der Waals surface area (Å²) in [6, 6.07) is 12.1. The van der Waals surface area contributed by atoms with E-state index in [0.717, 1.165) is 32.4 Å². The molecule has 0 aliphatic heterocycles. The second kappa shape index (κ2) is 5.79. The van der Waals surface area contributed by atoms with Crippen LogP contribution in [-0.4, -0.2) is 17.0 Å². The molecule has 21 heavy (non-hydrogen) atoms. The normalized spacial score (nSPS) is 10.8. The molecule has 1 aromatic carbocycles. The van der Waals surface area contributed by atoms with Crippen LogP contribution >= 0.6 is 15.9 Å². The standard InChI is InChI=1S/C16H15BrN4/c1-21(13-4-2-3-11(7-13)9-18)15-5-6-19-14-8-12(17)10-20-16(14)15/h2-8,10H,9,18H2,1H3. The summed E-state index contributed by atoms with van der Waals surface area (Å²) in [4.78, 5) is 11.0. The smallest absolute Gasteiger partial charge is 0.112 e. The Hall–Kier alpha value is -1.98. The molecule has 0 saturated carbocycles. The molecule has 0 radical (unpaired) electrons. The number of anilines is 2. The van der Waals surface area contributed by atoms with Gasteiger partial charge in [0.05, 0.1) is 11.2 Å². The topological polar surface area (TPSA) is 55.0 Å². The summed E-state index contributed by atoms with van der Waals surface area (Å²) in [5.41, 5.74) is 10.7. The van der Waals surface area contributed by atoms with Crippen molar-refractivity contribution < 1.29 is 0 Å². The Kier molecular flexibility index (Phi) is 3.86. The van der Waals surface area contributed by atoms with Crippen LogP contribution in [-0.2, 0) is 6.54 Å². The van der Waals surface area contributed by atoms with Gasteiger partial charge in [-0.05, 0) is 45.8 Å². The van der Waals surface area contributed by atoms with E-state index in [2.05, 4.69) is 42.9 Å². The van der Waals surface area contributed by atoms with Crippen LogP contribution in [0.1, 0.15) is 5.56 Å². The predicted octanol–water partition coefficient (Wildman–Crippen LogP) is 3.62. The summed E-state index contributed by atoms with van der Waals surface area (Å²) >= 11 is 3.43. The van der Waals surface area contributed by atoms with Gasteiger partial charge in [-0.25, -0.2) is 0 Å². The summed E-state index contributed by atoms with van der Waals surface area (Å²) in [6.45, 7) is 0.532. The van der Waals surface area contributed by atoms with E-state index in [0.29, 0.717) is 6.54 Å². The van der Waals surface area contributed by atoms with Gasteiger partial charge in [-0.15, -0.1) is 0 Å². The molecule has 3 rings (SSSR count). The van der Waals surface area contributed by atoms with Crippen molar-refractivity contribution in [1.29, 1.82) is 0 Å². The van der Waals surface area contributed by atoms with Gasteiger partial charge in [0.2, 0.25) is 0 Å². The average molecular weight is 343 g/mol. The van der Waals surface area contributed by atoms with Crippen LogP contribution in [0.3, 0.4) is 0 Å². The Morgan fingerprint density at radius 2 is 2.05 bits per heavy atom. The van der Waals surface area contributed by atoms with Crippen LogP contribution in [0.2, 0.25) is 0 Å². The van der Waals surface area contributed by atoms with Crippen molar-refractivity contribution in [2.24, 2.45) is 5.73 Å². The lowest BCUT2D eigenvalue weighted by molar-refractivity contribution is 1.06. The number of hydrogen-bond acceptors (Lipinski definition) is 4. The quantitative estimate of drug-likeness (QED) is 0.789. The molecule has 0 saturated heterocycles. The lowest BCUT2D eigenvalue weighted by Crippen LogP contribution is -2.11. The minimum absolute atomic E-state index is 0.532. The van der Waals surface area contributed by atoms with E-state index in [1.54, 1.807) is 12.4 Å². The fraction of sp³-hybridized carbons (Fsp3) is 0.125. The summed E-state index contributed by atoms with van der Waals surface area (Å²) in [6.07, 6.45) is 3.59. The van der Waals surface area contributed by atoms with Gasteiger partial charge in [-0.2, -0.15) is 0 Å². The molecular formula is C16H15BrN4. The third-order valence-corrected chi connectivity index (χ3v) is 3.85. The maximum Gasteiger partial charge on any atom is 0.112 e. The molecular weight excluding hydrogens is 328 g/mol. The third-order valence-electron chi connectivity index (χ3n) is 3.42. The number of halogens is 1. The fourth-order valence-corrected chi connectivity index (χ4v) is 2.61. The molecule has 106 valence electrons. The first-order valence-electron chi connectivity index (χ1n) is 6.62. The lowest BCUT2D eigenvalue weighted by atomic mass is 10.1. The van der Waals surface area contributed by atoms with E-state index in [1.807, 2.05) is 31.3 Å². The molecule has 3 aromatic rings. The van der Waals surface area contributed by atoms with Crippen LogP contribution in [0.5, 0.6) is 0 Å². The zero-order valence-corrected chi connectivity index (χ0v) is 13.2. The Morgan fingerprint density at radius 3 is 2.86 bits per heavy atom. The Labute approximate surface area is 131 Å². The zero-order chi connectivity index (χ0) is 14.8. The minimum Gasteiger partial charge on any atom is -0.343 e. The van der Waals surface area contributed by atoms with Crippen molar-refractivity contribution in [2.45, 2.75) is 6.54 Å². The number of fused-ring (bicyclic) bond motifs is 1. The third kappa shape index (κ3) is 2.75. The average Bonchev–Trinajstić information content (AvgIpc) is 2.53. The molecule has 0 unspecified atom stereocenters. The number of benzene rings is 1. The number of nitrogens with zero attached hydrogens (tertiary/aromatic N) is 3. The predicted molar refractivity (Wildman–Crippen MR) is 89.6 cm³/mol. The van der Waals surface area contributed by atoms with Crippen LogP contribution < -0.4 is 10.6 Å². The van der Waals surface area contributed by atoms with Crippen LogP contribution in [0.4, 0.5) is 11.4 Å². The van der Waals surface area contributed by atoms with E-state index >= 15 is 0 Å². The van der Waals surface area contributed by atoms with Crippen molar-refractivity contribution in [2.75, 3.05) is 11.9 Å². The zero-order valence-electron chi connectivity index (χ0n) is 11.6. The van der Waals surface area contributed by atoms with E-state index in [1.165, 1.54) is 0 Å². The van der Waals surface area contributed by atoms with Gasteiger partial charge in [0.15, 0.2) is 0 Å². The Bertz CT molecular complexity index is 788. The van der Waals surface area contributed by atoms with Crippen molar-refractivity contribution in [3.05, 3.63) is 58.8 Å². The molecule has 2 heterocycles. The highest BCUT2D eigenvalue weighted by molar-refractivity contribution is 9.10. The maximum atomic E-state index is 5.72. The van der Waals surface area contributed by atoms with Gasteiger partial charge in [-0.1, -0.05) is 12.1 Å². The van der Waals surface area contributed by atoms with Crippen LogP contribution in [0, 0.1) is 0 Å². The molecule has 5 heteroatoms. The van der Waals surface area contributed by atoms with Crippen molar-refractivity contribution in [3.63, 3.8) is 0 Å². The molecule has 0 fully saturated rings. The summed E-state index contributed by atoms with van der Waals surface area (Å²) in [5, 5.41) is 0. The second-order valence-electron chi connectivity index (χ2n) is 4.78. The van der Waals surface area contributed by atoms with E-state index in [4.69, 9.17) is 5.73 Å². The summed E-state index contributed by atoms with van der Waals surface area (Å²) in [5.74, 6) is 0. The van der Waals surface area contributed by atoms with Crippen molar-refractivity contribution >= 4 is 38.3 Å². The number of rotatable bonds is 3. The number of aromatic nitrogens is 2. The molecule has 0 aliphatic rings. The van der Waals surface area contributed by atoms with Crippen molar-refractivity contribution in [3.8, 4) is 0 Å². The molecule has 4 nitrogen and oxygen atoms in total. The molecule has 2 aromatic heterocycles. The first-order chi connectivity index (χ1) is 10.2. The highest BCUT2D eigenvalue weighted by Gasteiger charge is 2.10. The monoisotopic (exact) mass is 342 g/mol. The molecule has 0 bridgehead atoms. The first kappa shape index (κ1) is 14.0. The second-order valence-corrected chi connectivity index (χ2v) is 5.70. The number of nitrogens with two attached hydrogens (primary N) is 1. The highest BCUT2D eigenvalue weighted by Crippen LogP contribution is 2.30. The van der Waals surface area contributed by atoms with E-state index < -0.39 is 0 Å². The summed E-state index contributed by atoms with van der Waals surface area (Å²) in [7, 11) is 2.02. The summed E-state index contributed by atoms with van der Waals surface area (Å²) < 4.78 is 0.924. The SMILES string of the molecule is CN(c1cccc(CN)c1)c1ccnc2cc(Br)cnc12. The Balaban J connectivity index is 2.10. The van der Waals surface area contributed by atoms with Crippen LogP contribution in [0.15, 0.2) is 53.3 Å². The molecule has 0 spiro atoms. The molecule has 0 amide bonds. The fourth-order valence-electron chi connectivity index (χ4n) is 2.29. The van der Waals surface area contributed by atoms with Crippen molar-refractivity contribution in [1.82, 2.24) is 9.97 Å². The molecule has 2 N–H and O–H groups in total. The van der Waals surface area contributed by atoms with Gasteiger partial charge < -0.3 is 10.6 Å². The largest absolute Gasteiger partial charge is 0.343 e. The molecule has 0 aliphatic carbocycles. The van der Waals surface area contributed by atoms with Gasteiger partial charge >= 0.3 is 0 Å². The van der Waals surface area contributed by atoms with Crippen LogP contribution in [0.25, 0.3) is 11.0 Å². The minimum atomic E-state index is 0.532. The van der Waals surface area contributed by atoms with E-state index in [-0.39, 0.29) is 0 Å². The number of pyridine rings is 2. The Morgan fingerprint density at radius 1 is 1.19 bits per heavy atom. The first-order valence-corrected chi connectivity index (χ1v) is 7.41. The van der Waals surface area contributed by atoms with E-state index in [9.17, 15) is 0 Å². The number of hydrogen-bond donors (Lipinski definition) is 1. The van der Waals surface area contributed by atoms with Gasteiger partial charge in [0.25, 0.3) is 0 Å². The maximum absolute atomic E-state index is 5.72. The highest BCUT2D eigenvalue weighted by atomic mass is 79.9. The lowest BCUT2D eigenvalue weighted by Gasteiger charge is -2.21. The molecule has 0 atom stereocenters.